The summed E-state index contributed by atoms with van der Waals surface area (Å²) in [7, 11) is 0. The summed E-state index contributed by atoms with van der Waals surface area (Å²) in [6.07, 6.45) is -0.873. The first-order chi connectivity index (χ1) is 13.9. The zero-order valence-electron chi connectivity index (χ0n) is 17.7. The lowest BCUT2D eigenvalue weighted by molar-refractivity contribution is -0.160. The molecule has 0 aromatic heterocycles. The van der Waals surface area contributed by atoms with Crippen LogP contribution in [0.2, 0.25) is 0 Å². The van der Waals surface area contributed by atoms with Crippen molar-refractivity contribution in [2.45, 2.75) is 52.3 Å². The van der Waals surface area contributed by atoms with Gasteiger partial charge in [0.1, 0.15) is 5.60 Å². The SMILES string of the molecule is CCOC(=O)/C=C\c1ccc(C(F)(F)F)cc1N1CCC(C(=O)OC(C)(C)C)CC1. The van der Waals surface area contributed by atoms with Gasteiger partial charge in [-0.15, -0.1) is 0 Å². The molecular formula is C22H28F3NO4. The summed E-state index contributed by atoms with van der Waals surface area (Å²) in [6.45, 7) is 8.09. The summed E-state index contributed by atoms with van der Waals surface area (Å²) in [4.78, 5) is 25.7. The first kappa shape index (κ1) is 23.8. The van der Waals surface area contributed by atoms with Crippen molar-refractivity contribution in [3.63, 3.8) is 0 Å². The fraction of sp³-hybridized carbons (Fsp3) is 0.545. The van der Waals surface area contributed by atoms with E-state index in [0.717, 1.165) is 12.1 Å². The number of carbonyl (C=O) groups excluding carboxylic acids is 2. The topological polar surface area (TPSA) is 55.8 Å². The van der Waals surface area contributed by atoms with Gasteiger partial charge in [-0.25, -0.2) is 4.79 Å². The van der Waals surface area contributed by atoms with E-state index in [1.165, 1.54) is 18.2 Å². The van der Waals surface area contributed by atoms with Gasteiger partial charge in [0.2, 0.25) is 0 Å². The fourth-order valence-electron chi connectivity index (χ4n) is 3.22. The zero-order valence-corrected chi connectivity index (χ0v) is 17.7. The van der Waals surface area contributed by atoms with Crippen LogP contribution < -0.4 is 4.90 Å². The van der Waals surface area contributed by atoms with Crippen LogP contribution in [0.1, 0.15) is 51.7 Å². The van der Waals surface area contributed by atoms with E-state index in [1.807, 2.05) is 0 Å². The number of ether oxygens (including phenoxy) is 2. The third-order valence-electron chi connectivity index (χ3n) is 4.62. The number of esters is 2. The van der Waals surface area contributed by atoms with Crippen molar-refractivity contribution in [3.8, 4) is 0 Å². The Morgan fingerprint density at radius 1 is 1.17 bits per heavy atom. The lowest BCUT2D eigenvalue weighted by atomic mass is 9.95. The van der Waals surface area contributed by atoms with Crippen molar-refractivity contribution in [3.05, 3.63) is 35.4 Å². The Kier molecular flexibility index (Phi) is 7.55. The number of halogens is 3. The highest BCUT2D eigenvalue weighted by molar-refractivity contribution is 5.88. The molecule has 1 saturated heterocycles. The average molecular weight is 427 g/mol. The van der Waals surface area contributed by atoms with Gasteiger partial charge in [-0.1, -0.05) is 6.07 Å². The molecule has 30 heavy (non-hydrogen) atoms. The fourth-order valence-corrected chi connectivity index (χ4v) is 3.22. The minimum Gasteiger partial charge on any atom is -0.463 e. The molecule has 0 atom stereocenters. The molecule has 5 nitrogen and oxygen atoms in total. The van der Waals surface area contributed by atoms with Gasteiger partial charge in [0, 0.05) is 24.9 Å². The van der Waals surface area contributed by atoms with Gasteiger partial charge < -0.3 is 14.4 Å². The lowest BCUT2D eigenvalue weighted by Gasteiger charge is -2.35. The Labute approximate surface area is 174 Å². The molecule has 0 amide bonds. The van der Waals surface area contributed by atoms with E-state index in [9.17, 15) is 22.8 Å². The standard InChI is InChI=1S/C22H28F3NO4/c1-5-29-19(27)9-7-15-6-8-17(22(23,24)25)14-18(15)26-12-10-16(11-13-26)20(28)30-21(2,3)4/h6-9,14,16H,5,10-13H2,1-4H3/b9-7-. The molecule has 1 aliphatic rings. The molecule has 2 rings (SSSR count). The third kappa shape index (κ3) is 6.78. The van der Waals surface area contributed by atoms with E-state index in [1.54, 1.807) is 32.6 Å². The molecule has 1 aromatic rings. The van der Waals surface area contributed by atoms with Gasteiger partial charge in [-0.3, -0.25) is 4.79 Å². The number of piperidine rings is 1. The van der Waals surface area contributed by atoms with Crippen LogP contribution in [0.4, 0.5) is 18.9 Å². The number of alkyl halides is 3. The Balaban J connectivity index is 2.22. The summed E-state index contributed by atoms with van der Waals surface area (Å²) in [6, 6.07) is 3.41. The molecule has 0 N–H and O–H groups in total. The Hall–Kier alpha value is -2.51. The second kappa shape index (κ2) is 9.53. The molecule has 0 saturated carbocycles. The second-order valence-electron chi connectivity index (χ2n) is 8.15. The molecule has 1 aliphatic heterocycles. The normalized spacial score (nSPS) is 16.0. The number of hydrogen-bond acceptors (Lipinski definition) is 5. The Morgan fingerprint density at radius 3 is 2.33 bits per heavy atom. The number of carbonyl (C=O) groups is 2. The van der Waals surface area contributed by atoms with E-state index in [2.05, 4.69) is 0 Å². The van der Waals surface area contributed by atoms with Crippen molar-refractivity contribution in [2.24, 2.45) is 5.92 Å². The van der Waals surface area contributed by atoms with Gasteiger partial charge in [-0.05, 0) is 64.3 Å². The third-order valence-corrected chi connectivity index (χ3v) is 4.62. The smallest absolute Gasteiger partial charge is 0.416 e. The first-order valence-electron chi connectivity index (χ1n) is 9.94. The van der Waals surface area contributed by atoms with E-state index in [0.29, 0.717) is 37.2 Å². The molecule has 1 fully saturated rings. The number of benzene rings is 1. The lowest BCUT2D eigenvalue weighted by Crippen LogP contribution is -2.39. The second-order valence-corrected chi connectivity index (χ2v) is 8.15. The van der Waals surface area contributed by atoms with Gasteiger partial charge in [0.25, 0.3) is 0 Å². The van der Waals surface area contributed by atoms with Gasteiger partial charge in [-0.2, -0.15) is 13.2 Å². The van der Waals surface area contributed by atoms with Gasteiger partial charge >= 0.3 is 18.1 Å². The molecule has 166 valence electrons. The minimum absolute atomic E-state index is 0.210. The van der Waals surface area contributed by atoms with Crippen LogP contribution >= 0.6 is 0 Å². The monoisotopic (exact) mass is 427 g/mol. The van der Waals surface area contributed by atoms with Crippen LogP contribution in [0.15, 0.2) is 24.3 Å². The number of hydrogen-bond donors (Lipinski definition) is 0. The molecule has 0 bridgehead atoms. The van der Waals surface area contributed by atoms with Gasteiger partial charge in [0.05, 0.1) is 18.1 Å². The van der Waals surface area contributed by atoms with E-state index in [4.69, 9.17) is 9.47 Å². The summed E-state index contributed by atoms with van der Waals surface area (Å²) < 4.78 is 50.0. The minimum atomic E-state index is -4.48. The largest absolute Gasteiger partial charge is 0.463 e. The summed E-state index contributed by atoms with van der Waals surface area (Å²) in [5, 5.41) is 0. The van der Waals surface area contributed by atoms with E-state index in [-0.39, 0.29) is 18.5 Å². The summed E-state index contributed by atoms with van der Waals surface area (Å²) >= 11 is 0. The number of nitrogens with zero attached hydrogens (tertiary/aromatic N) is 1. The predicted molar refractivity (Wildman–Crippen MR) is 108 cm³/mol. The maximum Gasteiger partial charge on any atom is 0.416 e. The number of anilines is 1. The van der Waals surface area contributed by atoms with Crippen molar-refractivity contribution in [2.75, 3.05) is 24.6 Å². The van der Waals surface area contributed by atoms with Crippen LogP contribution in [0.5, 0.6) is 0 Å². The molecule has 8 heteroatoms. The van der Waals surface area contributed by atoms with E-state index < -0.39 is 23.3 Å². The van der Waals surface area contributed by atoms with Crippen molar-refractivity contribution in [1.82, 2.24) is 0 Å². The van der Waals surface area contributed by atoms with E-state index >= 15 is 0 Å². The average Bonchev–Trinajstić information content (AvgIpc) is 2.64. The van der Waals surface area contributed by atoms with Crippen LogP contribution in [0.25, 0.3) is 6.08 Å². The predicted octanol–water partition coefficient (Wildman–Crippen LogP) is 4.84. The maximum absolute atomic E-state index is 13.2. The highest BCUT2D eigenvalue weighted by atomic mass is 19.4. The van der Waals surface area contributed by atoms with Crippen LogP contribution in [-0.4, -0.2) is 37.2 Å². The van der Waals surface area contributed by atoms with Crippen molar-refractivity contribution in [1.29, 1.82) is 0 Å². The Morgan fingerprint density at radius 2 is 1.80 bits per heavy atom. The molecule has 1 aromatic carbocycles. The molecule has 0 radical (unpaired) electrons. The number of rotatable bonds is 5. The van der Waals surface area contributed by atoms with Crippen LogP contribution in [-0.2, 0) is 25.2 Å². The molecular weight excluding hydrogens is 399 g/mol. The molecule has 0 aliphatic carbocycles. The summed E-state index contributed by atoms with van der Waals surface area (Å²) in [5.41, 5.74) is -0.500. The summed E-state index contributed by atoms with van der Waals surface area (Å²) in [5.74, 6) is -1.13. The van der Waals surface area contributed by atoms with Crippen molar-refractivity contribution >= 4 is 23.7 Å². The quantitative estimate of drug-likeness (QED) is 0.497. The Bertz CT molecular complexity index is 789. The van der Waals surface area contributed by atoms with Gasteiger partial charge in [0.15, 0.2) is 0 Å². The maximum atomic E-state index is 13.2. The molecule has 0 spiro atoms. The molecule has 1 heterocycles. The molecule has 0 unspecified atom stereocenters. The zero-order chi connectivity index (χ0) is 22.5. The van der Waals surface area contributed by atoms with Crippen LogP contribution in [0, 0.1) is 5.92 Å². The highest BCUT2D eigenvalue weighted by Crippen LogP contribution is 2.35. The highest BCUT2D eigenvalue weighted by Gasteiger charge is 2.33. The van der Waals surface area contributed by atoms with Crippen molar-refractivity contribution < 1.29 is 32.2 Å². The first-order valence-corrected chi connectivity index (χ1v) is 9.94. The van der Waals surface area contributed by atoms with Crippen LogP contribution in [0.3, 0.4) is 0 Å².